The number of hydrogen-bond donors (Lipinski definition) is 1. The summed E-state index contributed by atoms with van der Waals surface area (Å²) in [6, 6.07) is 23.8. The van der Waals surface area contributed by atoms with Crippen LogP contribution < -0.4 is 5.32 Å². The predicted octanol–water partition coefficient (Wildman–Crippen LogP) is 7.49. The van der Waals surface area contributed by atoms with E-state index >= 15 is 0 Å². The minimum absolute atomic E-state index is 1.15. The van der Waals surface area contributed by atoms with Gasteiger partial charge in [0, 0.05) is 16.8 Å². The topological polar surface area (TPSA) is 12.0 Å². The first-order valence-electron chi connectivity index (χ1n) is 9.71. The van der Waals surface area contributed by atoms with Gasteiger partial charge in [-0.3, -0.25) is 0 Å². The van der Waals surface area contributed by atoms with Crippen LogP contribution in [0, 0.1) is 0 Å². The Morgan fingerprint density at radius 2 is 1.32 bits per heavy atom. The van der Waals surface area contributed by atoms with E-state index in [2.05, 4.69) is 79.0 Å². The fourth-order valence-electron chi connectivity index (χ4n) is 3.44. The van der Waals surface area contributed by atoms with Crippen LogP contribution in [0.2, 0.25) is 0 Å². The fourth-order valence-corrected chi connectivity index (χ4v) is 3.44. The summed E-state index contributed by atoms with van der Waals surface area (Å²) < 4.78 is 0. The quantitative estimate of drug-likeness (QED) is 0.400. The molecule has 3 aromatic rings. The molecule has 0 radical (unpaired) electrons. The highest BCUT2D eigenvalue weighted by molar-refractivity contribution is 5.95. The summed E-state index contributed by atoms with van der Waals surface area (Å²) in [6.07, 6.45) is 9.21. The molecular weight excluding hydrogens is 302 g/mol. The number of aryl methyl sites for hydroxylation is 1. The molecule has 25 heavy (non-hydrogen) atoms. The SMILES string of the molecule is CCCCCCCCc1ccccc1Nc1cccc2ccccc12. The van der Waals surface area contributed by atoms with Gasteiger partial charge in [0.25, 0.3) is 0 Å². The third-order valence-corrected chi connectivity index (χ3v) is 4.88. The van der Waals surface area contributed by atoms with Crippen LogP contribution >= 0.6 is 0 Å². The van der Waals surface area contributed by atoms with Crippen molar-refractivity contribution in [2.24, 2.45) is 0 Å². The van der Waals surface area contributed by atoms with Gasteiger partial charge in [-0.15, -0.1) is 0 Å². The van der Waals surface area contributed by atoms with Crippen molar-refractivity contribution >= 4 is 22.1 Å². The van der Waals surface area contributed by atoms with Crippen LogP contribution in [0.3, 0.4) is 0 Å². The van der Waals surface area contributed by atoms with E-state index in [1.807, 2.05) is 0 Å². The molecule has 0 saturated carbocycles. The first-order valence-corrected chi connectivity index (χ1v) is 9.71. The summed E-state index contributed by atoms with van der Waals surface area (Å²) in [7, 11) is 0. The Hall–Kier alpha value is -2.28. The van der Waals surface area contributed by atoms with Crippen molar-refractivity contribution in [2.75, 3.05) is 5.32 Å². The monoisotopic (exact) mass is 331 g/mol. The lowest BCUT2D eigenvalue weighted by Crippen LogP contribution is -1.97. The van der Waals surface area contributed by atoms with Gasteiger partial charge in [0.2, 0.25) is 0 Å². The fraction of sp³-hybridized carbons (Fsp3) is 0.333. The van der Waals surface area contributed by atoms with E-state index in [1.54, 1.807) is 0 Å². The Morgan fingerprint density at radius 1 is 0.640 bits per heavy atom. The normalized spacial score (nSPS) is 10.9. The lowest BCUT2D eigenvalue weighted by Gasteiger charge is -2.14. The number of hydrogen-bond acceptors (Lipinski definition) is 1. The molecule has 0 aromatic heterocycles. The van der Waals surface area contributed by atoms with Gasteiger partial charge >= 0.3 is 0 Å². The minimum atomic E-state index is 1.15. The van der Waals surface area contributed by atoms with Crippen molar-refractivity contribution in [3.63, 3.8) is 0 Å². The van der Waals surface area contributed by atoms with Crippen molar-refractivity contribution in [1.82, 2.24) is 0 Å². The second-order valence-corrected chi connectivity index (χ2v) is 6.83. The lowest BCUT2D eigenvalue weighted by molar-refractivity contribution is 0.608. The Labute approximate surface area is 152 Å². The Bertz CT molecular complexity index is 785. The molecule has 130 valence electrons. The summed E-state index contributed by atoms with van der Waals surface area (Å²) >= 11 is 0. The molecule has 0 unspecified atom stereocenters. The Balaban J connectivity index is 1.68. The maximum atomic E-state index is 3.68. The van der Waals surface area contributed by atoms with Crippen molar-refractivity contribution in [1.29, 1.82) is 0 Å². The van der Waals surface area contributed by atoms with Gasteiger partial charge in [-0.05, 0) is 35.9 Å². The molecule has 1 N–H and O–H groups in total. The summed E-state index contributed by atoms with van der Waals surface area (Å²) in [5.74, 6) is 0. The number of nitrogens with one attached hydrogen (secondary N) is 1. The van der Waals surface area contributed by atoms with Gasteiger partial charge in [-0.1, -0.05) is 93.6 Å². The Morgan fingerprint density at radius 3 is 2.24 bits per heavy atom. The van der Waals surface area contributed by atoms with E-state index in [-0.39, 0.29) is 0 Å². The second kappa shape index (κ2) is 9.27. The maximum absolute atomic E-state index is 3.68. The number of rotatable bonds is 9. The van der Waals surface area contributed by atoms with Crippen molar-refractivity contribution < 1.29 is 0 Å². The zero-order valence-corrected chi connectivity index (χ0v) is 15.3. The van der Waals surface area contributed by atoms with Gasteiger partial charge in [-0.2, -0.15) is 0 Å². The first kappa shape index (κ1) is 17.5. The first-order chi connectivity index (χ1) is 12.4. The standard InChI is InChI=1S/C24H29N/c1-2-3-4-5-6-7-14-21-15-9-11-18-23(21)25-24-19-12-16-20-13-8-10-17-22(20)24/h8-13,15-19,25H,2-7,14H2,1H3. The average molecular weight is 332 g/mol. The van der Waals surface area contributed by atoms with Crippen LogP contribution in [0.1, 0.15) is 51.0 Å². The summed E-state index contributed by atoms with van der Waals surface area (Å²) in [6.45, 7) is 2.27. The molecule has 0 heterocycles. The zero-order chi connectivity index (χ0) is 17.3. The molecule has 0 fully saturated rings. The number of para-hydroxylation sites is 1. The van der Waals surface area contributed by atoms with E-state index < -0.39 is 0 Å². The minimum Gasteiger partial charge on any atom is -0.355 e. The van der Waals surface area contributed by atoms with Crippen molar-refractivity contribution in [2.45, 2.75) is 51.9 Å². The largest absolute Gasteiger partial charge is 0.355 e. The van der Waals surface area contributed by atoms with Crippen LogP contribution in [0.4, 0.5) is 11.4 Å². The summed E-state index contributed by atoms with van der Waals surface area (Å²) in [5.41, 5.74) is 3.85. The van der Waals surface area contributed by atoms with E-state index in [0.717, 1.165) is 6.42 Å². The molecule has 0 bridgehead atoms. The van der Waals surface area contributed by atoms with Gasteiger partial charge in [0.05, 0.1) is 0 Å². The van der Waals surface area contributed by atoms with E-state index in [1.165, 1.54) is 66.2 Å². The molecule has 0 atom stereocenters. The number of anilines is 2. The van der Waals surface area contributed by atoms with Crippen LogP contribution in [0.15, 0.2) is 66.7 Å². The predicted molar refractivity (Wildman–Crippen MR) is 111 cm³/mol. The number of fused-ring (bicyclic) bond motifs is 1. The number of unbranched alkanes of at least 4 members (excludes halogenated alkanes) is 5. The molecule has 0 amide bonds. The van der Waals surface area contributed by atoms with E-state index in [9.17, 15) is 0 Å². The third kappa shape index (κ3) is 4.85. The molecule has 1 nitrogen and oxygen atoms in total. The second-order valence-electron chi connectivity index (χ2n) is 6.83. The van der Waals surface area contributed by atoms with Gasteiger partial charge < -0.3 is 5.32 Å². The summed E-state index contributed by atoms with van der Waals surface area (Å²) in [4.78, 5) is 0. The van der Waals surface area contributed by atoms with Crippen LogP contribution in [0.5, 0.6) is 0 Å². The van der Waals surface area contributed by atoms with Crippen LogP contribution in [-0.2, 0) is 6.42 Å². The highest BCUT2D eigenvalue weighted by Gasteiger charge is 2.05. The average Bonchev–Trinajstić information content (AvgIpc) is 2.66. The molecular formula is C24H29N. The third-order valence-electron chi connectivity index (χ3n) is 4.88. The molecule has 0 spiro atoms. The smallest absolute Gasteiger partial charge is 0.0463 e. The molecule has 0 aliphatic rings. The van der Waals surface area contributed by atoms with Gasteiger partial charge in [0.1, 0.15) is 0 Å². The van der Waals surface area contributed by atoms with E-state index in [0.29, 0.717) is 0 Å². The molecule has 1 heteroatoms. The molecule has 3 rings (SSSR count). The molecule has 3 aromatic carbocycles. The lowest BCUT2D eigenvalue weighted by atomic mass is 10.0. The molecule has 0 aliphatic carbocycles. The van der Waals surface area contributed by atoms with E-state index in [4.69, 9.17) is 0 Å². The van der Waals surface area contributed by atoms with Gasteiger partial charge in [-0.25, -0.2) is 0 Å². The van der Waals surface area contributed by atoms with Crippen molar-refractivity contribution in [3.8, 4) is 0 Å². The molecule has 0 saturated heterocycles. The Kier molecular flexibility index (Phi) is 6.50. The number of benzene rings is 3. The van der Waals surface area contributed by atoms with Crippen molar-refractivity contribution in [3.05, 3.63) is 72.3 Å². The maximum Gasteiger partial charge on any atom is 0.0463 e. The van der Waals surface area contributed by atoms with Gasteiger partial charge in [0.15, 0.2) is 0 Å². The van der Waals surface area contributed by atoms with Crippen LogP contribution in [-0.4, -0.2) is 0 Å². The highest BCUT2D eigenvalue weighted by atomic mass is 14.9. The zero-order valence-electron chi connectivity index (χ0n) is 15.3. The molecule has 0 aliphatic heterocycles. The summed E-state index contributed by atoms with van der Waals surface area (Å²) in [5, 5.41) is 6.23. The van der Waals surface area contributed by atoms with Crippen LogP contribution in [0.25, 0.3) is 10.8 Å². The highest BCUT2D eigenvalue weighted by Crippen LogP contribution is 2.28.